The highest BCUT2D eigenvalue weighted by Gasteiger charge is 2.37. The van der Waals surface area contributed by atoms with Gasteiger partial charge < -0.3 is 20.1 Å². The first-order chi connectivity index (χ1) is 11.3. The molecule has 0 spiro atoms. The molecule has 1 aliphatic carbocycles. The summed E-state index contributed by atoms with van der Waals surface area (Å²) in [5, 5.41) is 30.2. The summed E-state index contributed by atoms with van der Waals surface area (Å²) in [7, 11) is 1.41. The van der Waals surface area contributed by atoms with E-state index in [1.807, 2.05) is 13.8 Å². The fraction of sp³-hybridized carbons (Fsp3) is 0.222. The lowest BCUT2D eigenvalue weighted by Gasteiger charge is -2.23. The van der Waals surface area contributed by atoms with Crippen LogP contribution in [-0.2, 0) is 0 Å². The highest BCUT2D eigenvalue weighted by atomic mass is 16.5. The van der Waals surface area contributed by atoms with E-state index in [4.69, 9.17) is 4.74 Å². The summed E-state index contributed by atoms with van der Waals surface area (Å²) >= 11 is 0. The van der Waals surface area contributed by atoms with Gasteiger partial charge in [-0.1, -0.05) is 13.8 Å². The summed E-state index contributed by atoms with van der Waals surface area (Å²) in [5.74, 6) is -2.25. The van der Waals surface area contributed by atoms with Crippen LogP contribution in [0.15, 0.2) is 18.2 Å². The van der Waals surface area contributed by atoms with Gasteiger partial charge in [0.2, 0.25) is 5.78 Å². The van der Waals surface area contributed by atoms with Gasteiger partial charge in [-0.3, -0.25) is 9.59 Å². The fourth-order valence-electron chi connectivity index (χ4n) is 3.10. The van der Waals surface area contributed by atoms with Crippen molar-refractivity contribution < 1.29 is 29.6 Å². The van der Waals surface area contributed by atoms with Crippen molar-refractivity contribution in [2.24, 2.45) is 0 Å². The lowest BCUT2D eigenvalue weighted by molar-refractivity contribution is 0.0973. The number of phenols is 3. The minimum Gasteiger partial charge on any atom is -0.508 e. The van der Waals surface area contributed by atoms with Crippen LogP contribution in [0, 0.1) is 0 Å². The molecule has 0 atom stereocenters. The third-order valence-electron chi connectivity index (χ3n) is 4.15. The van der Waals surface area contributed by atoms with Gasteiger partial charge in [-0.2, -0.15) is 0 Å². The van der Waals surface area contributed by atoms with Crippen LogP contribution >= 0.6 is 0 Å². The Morgan fingerprint density at radius 1 is 0.917 bits per heavy atom. The van der Waals surface area contributed by atoms with E-state index >= 15 is 0 Å². The zero-order chi connectivity index (χ0) is 17.8. The standard InChI is InChI=1S/C18H16O6/c1-7(2)13-12(24-3)6-10-15(17(13)22)18(23)14-9(16(10)21)4-8(19)5-11(14)20/h4-7,19-20,22H,1-3H3. The Hall–Kier alpha value is -3.02. The zero-order valence-corrected chi connectivity index (χ0v) is 13.4. The molecule has 0 unspecified atom stereocenters. The maximum absolute atomic E-state index is 12.8. The number of hydrogen-bond acceptors (Lipinski definition) is 6. The molecule has 2 aromatic rings. The molecule has 3 N–H and O–H groups in total. The Labute approximate surface area is 137 Å². The topological polar surface area (TPSA) is 104 Å². The van der Waals surface area contributed by atoms with Crippen LogP contribution in [0.2, 0.25) is 0 Å². The van der Waals surface area contributed by atoms with Crippen LogP contribution in [0.5, 0.6) is 23.0 Å². The minimum absolute atomic E-state index is 0.0174. The number of ketones is 2. The van der Waals surface area contributed by atoms with Crippen LogP contribution in [-0.4, -0.2) is 34.0 Å². The molecule has 0 fully saturated rings. The first-order valence-electron chi connectivity index (χ1n) is 7.37. The third-order valence-corrected chi connectivity index (χ3v) is 4.15. The van der Waals surface area contributed by atoms with E-state index in [1.165, 1.54) is 13.2 Å². The molecular weight excluding hydrogens is 312 g/mol. The molecule has 0 heterocycles. The molecule has 0 aliphatic heterocycles. The molecule has 0 radical (unpaired) electrons. The Balaban J connectivity index is 2.39. The van der Waals surface area contributed by atoms with Crippen LogP contribution in [0.3, 0.4) is 0 Å². The second kappa shape index (κ2) is 5.26. The summed E-state index contributed by atoms with van der Waals surface area (Å²) in [4.78, 5) is 25.5. The van der Waals surface area contributed by atoms with Crippen molar-refractivity contribution in [3.8, 4) is 23.0 Å². The second-order valence-electron chi connectivity index (χ2n) is 5.96. The second-order valence-corrected chi connectivity index (χ2v) is 5.96. The molecular formula is C18H16O6. The number of benzene rings is 2. The van der Waals surface area contributed by atoms with Crippen molar-refractivity contribution in [3.05, 3.63) is 46.0 Å². The number of phenolic OH excluding ortho intramolecular Hbond substituents is 3. The lowest BCUT2D eigenvalue weighted by Crippen LogP contribution is -2.22. The summed E-state index contributed by atoms with van der Waals surface area (Å²) in [6, 6.07) is 3.52. The van der Waals surface area contributed by atoms with E-state index in [9.17, 15) is 24.9 Å². The summed E-state index contributed by atoms with van der Waals surface area (Å²) in [6.45, 7) is 3.64. The monoisotopic (exact) mass is 328 g/mol. The van der Waals surface area contributed by atoms with Gasteiger partial charge in [0.05, 0.1) is 18.2 Å². The average Bonchev–Trinajstić information content (AvgIpc) is 2.50. The number of ether oxygens (including phenoxy) is 1. The molecule has 124 valence electrons. The normalized spacial score (nSPS) is 13.0. The Bertz CT molecular complexity index is 895. The van der Waals surface area contributed by atoms with Gasteiger partial charge in [-0.15, -0.1) is 0 Å². The van der Waals surface area contributed by atoms with E-state index in [-0.39, 0.29) is 39.7 Å². The average molecular weight is 328 g/mol. The van der Waals surface area contributed by atoms with Crippen LogP contribution in [0.4, 0.5) is 0 Å². The van der Waals surface area contributed by atoms with Gasteiger partial charge in [0.15, 0.2) is 5.78 Å². The van der Waals surface area contributed by atoms with Gasteiger partial charge >= 0.3 is 0 Å². The number of carbonyl (C=O) groups is 2. The number of hydrogen-bond donors (Lipinski definition) is 3. The van der Waals surface area contributed by atoms with Crippen molar-refractivity contribution >= 4 is 11.6 Å². The quantitative estimate of drug-likeness (QED) is 0.668. The van der Waals surface area contributed by atoms with Crippen molar-refractivity contribution in [1.82, 2.24) is 0 Å². The summed E-state index contributed by atoms with van der Waals surface area (Å²) in [5.41, 5.74) is -0.0856. The van der Waals surface area contributed by atoms with Gasteiger partial charge in [-0.05, 0) is 18.1 Å². The van der Waals surface area contributed by atoms with E-state index in [2.05, 4.69) is 0 Å². The van der Waals surface area contributed by atoms with Gasteiger partial charge in [0.25, 0.3) is 0 Å². The van der Waals surface area contributed by atoms with Crippen molar-refractivity contribution in [1.29, 1.82) is 0 Å². The van der Waals surface area contributed by atoms with Gasteiger partial charge in [0, 0.05) is 22.8 Å². The molecule has 0 saturated heterocycles. The highest BCUT2D eigenvalue weighted by molar-refractivity contribution is 6.30. The van der Waals surface area contributed by atoms with Crippen molar-refractivity contribution in [3.63, 3.8) is 0 Å². The number of methoxy groups -OCH3 is 1. The Morgan fingerprint density at radius 3 is 2.12 bits per heavy atom. The molecule has 0 aromatic heterocycles. The summed E-state index contributed by atoms with van der Waals surface area (Å²) in [6.07, 6.45) is 0. The molecule has 6 heteroatoms. The lowest BCUT2D eigenvalue weighted by atomic mass is 9.80. The SMILES string of the molecule is COc1cc2c(c(O)c1C(C)C)C(=O)c1c(O)cc(O)cc1C2=O. The van der Waals surface area contributed by atoms with Crippen LogP contribution in [0.25, 0.3) is 0 Å². The molecule has 0 saturated carbocycles. The number of rotatable bonds is 2. The zero-order valence-electron chi connectivity index (χ0n) is 13.4. The number of fused-ring (bicyclic) bond motifs is 2. The highest BCUT2D eigenvalue weighted by Crippen LogP contribution is 2.44. The van der Waals surface area contributed by atoms with Crippen LogP contribution < -0.4 is 4.74 Å². The molecule has 24 heavy (non-hydrogen) atoms. The van der Waals surface area contributed by atoms with Crippen molar-refractivity contribution in [2.75, 3.05) is 7.11 Å². The van der Waals surface area contributed by atoms with E-state index in [0.29, 0.717) is 11.3 Å². The number of aromatic hydroxyl groups is 3. The Morgan fingerprint density at radius 2 is 1.54 bits per heavy atom. The smallest absolute Gasteiger partial charge is 0.201 e. The molecule has 6 nitrogen and oxygen atoms in total. The van der Waals surface area contributed by atoms with E-state index in [1.54, 1.807) is 0 Å². The molecule has 1 aliphatic rings. The number of carbonyl (C=O) groups excluding carboxylic acids is 2. The minimum atomic E-state index is -0.667. The van der Waals surface area contributed by atoms with Gasteiger partial charge in [0.1, 0.15) is 23.0 Å². The predicted molar refractivity (Wildman–Crippen MR) is 85.4 cm³/mol. The molecule has 0 bridgehead atoms. The molecule has 3 rings (SSSR count). The molecule has 2 aromatic carbocycles. The van der Waals surface area contributed by atoms with Crippen LogP contribution in [0.1, 0.15) is 57.2 Å². The van der Waals surface area contributed by atoms with Gasteiger partial charge in [-0.25, -0.2) is 0 Å². The third kappa shape index (κ3) is 2.03. The fourth-order valence-corrected chi connectivity index (χ4v) is 3.10. The summed E-state index contributed by atoms with van der Waals surface area (Å²) < 4.78 is 5.25. The first-order valence-corrected chi connectivity index (χ1v) is 7.37. The maximum Gasteiger partial charge on any atom is 0.201 e. The van der Waals surface area contributed by atoms with E-state index in [0.717, 1.165) is 12.1 Å². The van der Waals surface area contributed by atoms with Crippen molar-refractivity contribution in [2.45, 2.75) is 19.8 Å². The predicted octanol–water partition coefficient (Wildman–Crippen LogP) is 2.71. The maximum atomic E-state index is 12.8. The first kappa shape index (κ1) is 15.9. The molecule has 0 amide bonds. The Kier molecular flexibility index (Phi) is 3.48. The van der Waals surface area contributed by atoms with E-state index < -0.39 is 17.3 Å². The largest absolute Gasteiger partial charge is 0.508 e.